The number of hydrogen-bond donors (Lipinski definition) is 1. The maximum Gasteiger partial charge on any atom is 0.0695 e. The summed E-state index contributed by atoms with van der Waals surface area (Å²) in [6.45, 7) is 9.91. The monoisotopic (exact) mass is 331 g/mol. The zero-order valence-electron chi connectivity index (χ0n) is 12.3. The van der Waals surface area contributed by atoms with Crippen molar-refractivity contribution in [2.45, 2.75) is 52.6 Å². The van der Waals surface area contributed by atoms with E-state index < -0.39 is 0 Å². The molecule has 19 heavy (non-hydrogen) atoms. The minimum atomic E-state index is 0.342. The average Bonchev–Trinajstić information content (AvgIpc) is 2.75. The Morgan fingerprint density at radius 1 is 1.42 bits per heavy atom. The summed E-state index contributed by atoms with van der Waals surface area (Å²) in [6, 6.07) is 0.342. The Balaban J connectivity index is 2.70. The van der Waals surface area contributed by atoms with E-state index in [4.69, 9.17) is 4.74 Å². The molecule has 1 unspecified atom stereocenters. The molecule has 1 N–H and O–H groups in total. The van der Waals surface area contributed by atoms with E-state index in [2.05, 4.69) is 44.9 Å². The number of halogens is 1. The second-order valence-corrected chi connectivity index (χ2v) is 5.40. The highest BCUT2D eigenvalue weighted by atomic mass is 79.9. The maximum atomic E-state index is 5.43. The van der Waals surface area contributed by atoms with E-state index in [9.17, 15) is 0 Å². The molecule has 0 amide bonds. The van der Waals surface area contributed by atoms with Crippen molar-refractivity contribution in [2.75, 3.05) is 19.8 Å². The first kappa shape index (κ1) is 16.7. The van der Waals surface area contributed by atoms with Crippen LogP contribution in [0.5, 0.6) is 0 Å². The summed E-state index contributed by atoms with van der Waals surface area (Å²) in [4.78, 5) is 0. The van der Waals surface area contributed by atoms with Crippen LogP contribution in [0.2, 0.25) is 0 Å². The van der Waals surface area contributed by atoms with Crippen LogP contribution < -0.4 is 5.32 Å². The van der Waals surface area contributed by atoms with E-state index in [1.807, 2.05) is 13.1 Å². The highest BCUT2D eigenvalue weighted by Crippen LogP contribution is 2.26. The SMILES string of the molecule is CCCn1ncc(Br)c1C(CCCOCC)NCC. The van der Waals surface area contributed by atoms with Gasteiger partial charge in [-0.05, 0) is 48.7 Å². The number of rotatable bonds is 10. The standard InChI is InChI=1S/C14H26BrN3O/c1-4-9-18-14(12(15)11-17-18)13(16-5-2)8-7-10-19-6-3/h11,13,16H,4-10H2,1-3H3. The van der Waals surface area contributed by atoms with Gasteiger partial charge in [0.1, 0.15) is 0 Å². The van der Waals surface area contributed by atoms with Crippen molar-refractivity contribution in [3.63, 3.8) is 0 Å². The number of aryl methyl sites for hydroxylation is 1. The van der Waals surface area contributed by atoms with Gasteiger partial charge in [-0.3, -0.25) is 4.68 Å². The molecule has 0 aromatic carbocycles. The molecule has 0 bridgehead atoms. The van der Waals surface area contributed by atoms with Crippen molar-refractivity contribution in [1.82, 2.24) is 15.1 Å². The van der Waals surface area contributed by atoms with Crippen LogP contribution >= 0.6 is 15.9 Å². The average molecular weight is 332 g/mol. The second kappa shape index (κ2) is 9.50. The van der Waals surface area contributed by atoms with Gasteiger partial charge in [0.15, 0.2) is 0 Å². The number of ether oxygens (including phenoxy) is 1. The predicted octanol–water partition coefficient (Wildman–Crippen LogP) is 3.52. The fourth-order valence-electron chi connectivity index (χ4n) is 2.22. The molecule has 5 heteroatoms. The molecule has 0 aliphatic carbocycles. The van der Waals surface area contributed by atoms with E-state index in [1.54, 1.807) is 0 Å². The quantitative estimate of drug-likeness (QED) is 0.666. The molecule has 1 rings (SSSR count). The molecule has 1 aromatic rings. The van der Waals surface area contributed by atoms with Crippen LogP contribution in [0.4, 0.5) is 0 Å². The molecule has 0 fully saturated rings. The number of nitrogens with one attached hydrogen (secondary N) is 1. The summed E-state index contributed by atoms with van der Waals surface area (Å²) in [6.07, 6.45) is 5.13. The summed E-state index contributed by atoms with van der Waals surface area (Å²) in [5.41, 5.74) is 1.26. The molecule has 0 aliphatic heterocycles. The van der Waals surface area contributed by atoms with Crippen LogP contribution in [0, 0.1) is 0 Å². The summed E-state index contributed by atoms with van der Waals surface area (Å²) < 4.78 is 8.63. The van der Waals surface area contributed by atoms with Gasteiger partial charge in [-0.15, -0.1) is 0 Å². The Kier molecular flexibility index (Phi) is 8.34. The van der Waals surface area contributed by atoms with E-state index in [0.29, 0.717) is 6.04 Å². The van der Waals surface area contributed by atoms with Gasteiger partial charge in [-0.1, -0.05) is 13.8 Å². The zero-order chi connectivity index (χ0) is 14.1. The number of aromatic nitrogens is 2. The van der Waals surface area contributed by atoms with Crippen LogP contribution in [-0.2, 0) is 11.3 Å². The topological polar surface area (TPSA) is 39.1 Å². The van der Waals surface area contributed by atoms with Crippen LogP contribution in [0.1, 0.15) is 51.8 Å². The Hall–Kier alpha value is -0.390. The molecule has 4 nitrogen and oxygen atoms in total. The maximum absolute atomic E-state index is 5.43. The van der Waals surface area contributed by atoms with Crippen LogP contribution in [0.25, 0.3) is 0 Å². The lowest BCUT2D eigenvalue weighted by molar-refractivity contribution is 0.140. The van der Waals surface area contributed by atoms with Gasteiger partial charge in [0.25, 0.3) is 0 Å². The summed E-state index contributed by atoms with van der Waals surface area (Å²) >= 11 is 3.63. The molecule has 0 aliphatic rings. The summed E-state index contributed by atoms with van der Waals surface area (Å²) in [5, 5.41) is 8.01. The first-order valence-electron chi connectivity index (χ1n) is 7.26. The molecule has 1 atom stereocenters. The number of nitrogens with zero attached hydrogens (tertiary/aromatic N) is 2. The lowest BCUT2D eigenvalue weighted by Crippen LogP contribution is -2.24. The van der Waals surface area contributed by atoms with Gasteiger partial charge < -0.3 is 10.1 Å². The van der Waals surface area contributed by atoms with Gasteiger partial charge in [0.2, 0.25) is 0 Å². The predicted molar refractivity (Wildman–Crippen MR) is 82.4 cm³/mol. The van der Waals surface area contributed by atoms with Crippen molar-refractivity contribution < 1.29 is 4.74 Å². The third-order valence-corrected chi connectivity index (χ3v) is 3.65. The van der Waals surface area contributed by atoms with Gasteiger partial charge in [0.05, 0.1) is 22.4 Å². The van der Waals surface area contributed by atoms with E-state index in [0.717, 1.165) is 50.0 Å². The molecule has 0 saturated heterocycles. The lowest BCUT2D eigenvalue weighted by atomic mass is 10.1. The van der Waals surface area contributed by atoms with Gasteiger partial charge in [-0.2, -0.15) is 5.10 Å². The molecule has 0 radical (unpaired) electrons. The molecular weight excluding hydrogens is 306 g/mol. The summed E-state index contributed by atoms with van der Waals surface area (Å²) in [5.74, 6) is 0. The molecule has 1 heterocycles. The Bertz CT molecular complexity index is 354. The largest absolute Gasteiger partial charge is 0.382 e. The number of hydrogen-bond acceptors (Lipinski definition) is 3. The Morgan fingerprint density at radius 2 is 2.21 bits per heavy atom. The van der Waals surface area contributed by atoms with Crippen LogP contribution in [-0.4, -0.2) is 29.5 Å². The van der Waals surface area contributed by atoms with Crippen molar-refractivity contribution in [3.8, 4) is 0 Å². The molecule has 110 valence electrons. The normalized spacial score (nSPS) is 12.8. The molecule has 0 saturated carbocycles. The highest BCUT2D eigenvalue weighted by Gasteiger charge is 2.18. The molecule has 0 spiro atoms. The first-order chi connectivity index (χ1) is 9.24. The van der Waals surface area contributed by atoms with Crippen molar-refractivity contribution in [2.24, 2.45) is 0 Å². The van der Waals surface area contributed by atoms with Crippen molar-refractivity contribution in [1.29, 1.82) is 0 Å². The van der Waals surface area contributed by atoms with Gasteiger partial charge in [-0.25, -0.2) is 0 Å². The minimum absolute atomic E-state index is 0.342. The van der Waals surface area contributed by atoms with Crippen LogP contribution in [0.3, 0.4) is 0 Å². The molecule has 1 aromatic heterocycles. The second-order valence-electron chi connectivity index (χ2n) is 4.55. The van der Waals surface area contributed by atoms with Crippen molar-refractivity contribution >= 4 is 15.9 Å². The van der Waals surface area contributed by atoms with E-state index in [-0.39, 0.29) is 0 Å². The highest BCUT2D eigenvalue weighted by molar-refractivity contribution is 9.10. The third kappa shape index (κ3) is 5.24. The fraction of sp³-hybridized carbons (Fsp3) is 0.786. The van der Waals surface area contributed by atoms with E-state index in [1.165, 1.54) is 5.69 Å². The summed E-state index contributed by atoms with van der Waals surface area (Å²) in [7, 11) is 0. The molecular formula is C14H26BrN3O. The van der Waals surface area contributed by atoms with Crippen LogP contribution in [0.15, 0.2) is 10.7 Å². The van der Waals surface area contributed by atoms with Crippen molar-refractivity contribution in [3.05, 3.63) is 16.4 Å². The zero-order valence-corrected chi connectivity index (χ0v) is 13.9. The Morgan fingerprint density at radius 3 is 2.84 bits per heavy atom. The first-order valence-corrected chi connectivity index (χ1v) is 8.06. The smallest absolute Gasteiger partial charge is 0.0695 e. The van der Waals surface area contributed by atoms with E-state index >= 15 is 0 Å². The Labute approximate surface area is 125 Å². The third-order valence-electron chi connectivity index (χ3n) is 3.03. The fourth-order valence-corrected chi connectivity index (χ4v) is 2.80. The minimum Gasteiger partial charge on any atom is -0.382 e. The lowest BCUT2D eigenvalue weighted by Gasteiger charge is -2.20. The van der Waals surface area contributed by atoms with Gasteiger partial charge in [0, 0.05) is 19.8 Å². The van der Waals surface area contributed by atoms with Gasteiger partial charge >= 0.3 is 0 Å².